The first-order valence-electron chi connectivity index (χ1n) is 11.3. The third kappa shape index (κ3) is 5.19. The van der Waals surface area contributed by atoms with E-state index >= 15 is 0 Å². The van der Waals surface area contributed by atoms with Crippen molar-refractivity contribution in [1.82, 2.24) is 10.3 Å². The Balaban J connectivity index is 1.35. The fourth-order valence-electron chi connectivity index (χ4n) is 4.06. The minimum atomic E-state index is -0.938. The largest absolute Gasteiger partial charge is 0.481 e. The molecule has 182 valence electrons. The molecule has 0 radical (unpaired) electrons. The second-order valence-corrected chi connectivity index (χ2v) is 10.1. The Morgan fingerprint density at radius 3 is 2.26 bits per heavy atom. The van der Waals surface area contributed by atoms with Gasteiger partial charge in [-0.05, 0) is 49.4 Å². The van der Waals surface area contributed by atoms with Gasteiger partial charge in [0.25, 0.3) is 5.91 Å². The highest BCUT2D eigenvalue weighted by Crippen LogP contribution is 2.44. The average Bonchev–Trinajstić information content (AvgIpc) is 3.34. The normalized spacial score (nSPS) is 12.5. The van der Waals surface area contributed by atoms with Crippen molar-refractivity contribution in [1.29, 1.82) is 0 Å². The minimum Gasteiger partial charge on any atom is -0.481 e. The summed E-state index contributed by atoms with van der Waals surface area (Å²) < 4.78 is 5.54. The standard InChI is InChI=1S/C26H27N3O5S/c1-15-21(22(30)27-13-12-26(2,3)23(31)32)35-24(28-15)29-25(33)34-14-20-18-10-6-4-8-16(18)17-9-5-7-11-19(17)20/h4-11,20H,12-14H2,1-3H3,(H,27,30)(H,31,32)(H,28,29,33). The molecule has 0 unspecified atom stereocenters. The van der Waals surface area contributed by atoms with E-state index in [9.17, 15) is 19.5 Å². The smallest absolute Gasteiger partial charge is 0.413 e. The molecule has 0 aliphatic heterocycles. The summed E-state index contributed by atoms with van der Waals surface area (Å²) in [6.07, 6.45) is -0.354. The van der Waals surface area contributed by atoms with Crippen molar-refractivity contribution in [2.24, 2.45) is 5.41 Å². The lowest BCUT2D eigenvalue weighted by atomic mass is 9.90. The number of ether oxygens (including phenoxy) is 1. The summed E-state index contributed by atoms with van der Waals surface area (Å²) in [4.78, 5) is 40.9. The lowest BCUT2D eigenvalue weighted by Crippen LogP contribution is -2.31. The van der Waals surface area contributed by atoms with Crippen LogP contribution in [-0.4, -0.2) is 41.2 Å². The zero-order valence-electron chi connectivity index (χ0n) is 19.8. The van der Waals surface area contributed by atoms with Gasteiger partial charge >= 0.3 is 12.1 Å². The van der Waals surface area contributed by atoms with E-state index in [1.165, 1.54) is 0 Å². The molecule has 0 spiro atoms. The predicted molar refractivity (Wildman–Crippen MR) is 134 cm³/mol. The number of thiazole rings is 1. The van der Waals surface area contributed by atoms with E-state index in [1.807, 2.05) is 36.4 Å². The van der Waals surface area contributed by atoms with E-state index in [-0.39, 0.29) is 36.5 Å². The molecule has 1 aromatic heterocycles. The maximum absolute atomic E-state index is 12.5. The van der Waals surface area contributed by atoms with E-state index in [1.54, 1.807) is 20.8 Å². The molecule has 35 heavy (non-hydrogen) atoms. The number of aliphatic carboxylic acids is 1. The van der Waals surface area contributed by atoms with Gasteiger partial charge in [-0.15, -0.1) is 0 Å². The van der Waals surface area contributed by atoms with Gasteiger partial charge in [0, 0.05) is 12.5 Å². The number of carboxylic acids is 1. The molecule has 0 atom stereocenters. The summed E-state index contributed by atoms with van der Waals surface area (Å²) in [6.45, 7) is 5.28. The number of aryl methyl sites for hydroxylation is 1. The Hall–Kier alpha value is -3.72. The van der Waals surface area contributed by atoms with Crippen LogP contribution in [0.3, 0.4) is 0 Å². The number of anilines is 1. The van der Waals surface area contributed by atoms with Crippen LogP contribution in [0, 0.1) is 12.3 Å². The lowest BCUT2D eigenvalue weighted by molar-refractivity contribution is -0.147. The first-order chi connectivity index (χ1) is 16.7. The van der Waals surface area contributed by atoms with Crippen LogP contribution < -0.4 is 10.6 Å². The Kier molecular flexibility index (Phi) is 6.88. The van der Waals surface area contributed by atoms with Gasteiger partial charge in [-0.25, -0.2) is 9.78 Å². The predicted octanol–water partition coefficient (Wildman–Crippen LogP) is 5.04. The molecule has 9 heteroatoms. The molecule has 1 heterocycles. The number of hydrogen-bond acceptors (Lipinski definition) is 6. The van der Waals surface area contributed by atoms with E-state index in [0.29, 0.717) is 10.6 Å². The van der Waals surface area contributed by atoms with Crippen LogP contribution in [0.2, 0.25) is 0 Å². The molecule has 0 saturated heterocycles. The van der Waals surface area contributed by atoms with E-state index in [0.717, 1.165) is 33.6 Å². The molecule has 3 N–H and O–H groups in total. The first kappa shape index (κ1) is 24.4. The van der Waals surface area contributed by atoms with Crippen LogP contribution in [0.4, 0.5) is 9.93 Å². The number of hydrogen-bond donors (Lipinski definition) is 3. The number of rotatable bonds is 8. The number of nitrogens with zero attached hydrogens (tertiary/aromatic N) is 1. The maximum atomic E-state index is 12.5. The van der Waals surface area contributed by atoms with Crippen molar-refractivity contribution in [3.63, 3.8) is 0 Å². The van der Waals surface area contributed by atoms with Crippen LogP contribution in [0.1, 0.15) is 52.7 Å². The van der Waals surface area contributed by atoms with Crippen molar-refractivity contribution >= 4 is 34.4 Å². The number of carbonyl (C=O) groups is 3. The minimum absolute atomic E-state index is 0.0532. The van der Waals surface area contributed by atoms with Crippen LogP contribution in [0.15, 0.2) is 48.5 Å². The summed E-state index contributed by atoms with van der Waals surface area (Å²) in [5.74, 6) is -1.33. The zero-order valence-corrected chi connectivity index (χ0v) is 20.6. The number of amides is 2. The van der Waals surface area contributed by atoms with E-state index in [2.05, 4.69) is 27.8 Å². The fourth-order valence-corrected chi connectivity index (χ4v) is 4.93. The number of benzene rings is 2. The summed E-state index contributed by atoms with van der Waals surface area (Å²) in [6, 6.07) is 16.2. The van der Waals surface area contributed by atoms with Gasteiger partial charge in [-0.2, -0.15) is 0 Å². The van der Waals surface area contributed by atoms with Gasteiger partial charge in [-0.3, -0.25) is 14.9 Å². The van der Waals surface area contributed by atoms with Crippen LogP contribution >= 0.6 is 11.3 Å². The average molecular weight is 494 g/mol. The van der Waals surface area contributed by atoms with Gasteiger partial charge in [0.05, 0.1) is 11.1 Å². The number of nitrogens with one attached hydrogen (secondary N) is 2. The van der Waals surface area contributed by atoms with Crippen molar-refractivity contribution < 1.29 is 24.2 Å². The van der Waals surface area contributed by atoms with E-state index < -0.39 is 17.5 Å². The van der Waals surface area contributed by atoms with Crippen molar-refractivity contribution in [2.45, 2.75) is 33.1 Å². The lowest BCUT2D eigenvalue weighted by Gasteiger charge is -2.18. The SMILES string of the molecule is Cc1nc(NC(=O)OCC2c3ccccc3-c3ccccc32)sc1C(=O)NCCC(C)(C)C(=O)O. The molecule has 0 bridgehead atoms. The zero-order chi connectivity index (χ0) is 25.2. The number of carbonyl (C=O) groups excluding carboxylic acids is 2. The Morgan fingerprint density at radius 2 is 1.66 bits per heavy atom. The molecule has 0 fully saturated rings. The van der Waals surface area contributed by atoms with Crippen molar-refractivity contribution in [2.75, 3.05) is 18.5 Å². The van der Waals surface area contributed by atoms with Gasteiger partial charge in [-0.1, -0.05) is 59.9 Å². The topological polar surface area (TPSA) is 118 Å². The first-order valence-corrected chi connectivity index (χ1v) is 12.1. The van der Waals surface area contributed by atoms with Crippen molar-refractivity contribution in [3.8, 4) is 11.1 Å². The van der Waals surface area contributed by atoms with E-state index in [4.69, 9.17) is 4.74 Å². The molecule has 2 aromatic carbocycles. The fraction of sp³-hybridized carbons (Fsp3) is 0.308. The number of fused-ring (bicyclic) bond motifs is 3. The van der Waals surface area contributed by atoms with Gasteiger partial charge in [0.15, 0.2) is 5.13 Å². The molecule has 2 amide bonds. The third-order valence-corrected chi connectivity index (χ3v) is 7.24. The molecule has 0 saturated carbocycles. The molecule has 8 nitrogen and oxygen atoms in total. The molecule has 1 aliphatic carbocycles. The van der Waals surface area contributed by atoms with Gasteiger partial charge in [0.1, 0.15) is 11.5 Å². The molecule has 1 aliphatic rings. The van der Waals surface area contributed by atoms with Crippen LogP contribution in [0.5, 0.6) is 0 Å². The molecular formula is C26H27N3O5S. The second kappa shape index (κ2) is 9.87. The second-order valence-electron chi connectivity index (χ2n) is 9.08. The van der Waals surface area contributed by atoms with Crippen molar-refractivity contribution in [3.05, 3.63) is 70.2 Å². The van der Waals surface area contributed by atoms with Gasteiger partial charge < -0.3 is 15.2 Å². The summed E-state index contributed by atoms with van der Waals surface area (Å²) >= 11 is 1.04. The Bertz CT molecular complexity index is 1240. The maximum Gasteiger partial charge on any atom is 0.413 e. The number of aromatic nitrogens is 1. The third-order valence-electron chi connectivity index (χ3n) is 6.17. The highest BCUT2D eigenvalue weighted by atomic mass is 32.1. The van der Waals surface area contributed by atoms with Crippen LogP contribution in [0.25, 0.3) is 11.1 Å². The Labute approximate surface area is 207 Å². The highest BCUT2D eigenvalue weighted by molar-refractivity contribution is 7.17. The summed E-state index contributed by atoms with van der Waals surface area (Å²) in [5.41, 5.74) is 4.07. The number of carboxylic acid groups (broad SMARTS) is 1. The molecular weight excluding hydrogens is 466 g/mol. The molecule has 3 aromatic rings. The highest BCUT2D eigenvalue weighted by Gasteiger charge is 2.29. The summed E-state index contributed by atoms with van der Waals surface area (Å²) in [5, 5.41) is 14.8. The van der Waals surface area contributed by atoms with Crippen LogP contribution in [-0.2, 0) is 9.53 Å². The summed E-state index contributed by atoms with van der Waals surface area (Å²) in [7, 11) is 0. The Morgan fingerprint density at radius 1 is 1.06 bits per heavy atom. The molecule has 4 rings (SSSR count). The van der Waals surface area contributed by atoms with Gasteiger partial charge in [0.2, 0.25) is 0 Å². The monoisotopic (exact) mass is 493 g/mol. The quantitative estimate of drug-likeness (QED) is 0.405.